The minimum absolute atomic E-state index is 0.250. The van der Waals surface area contributed by atoms with Crippen LogP contribution in [0.15, 0.2) is 66.9 Å². The molecule has 0 saturated carbocycles. The van der Waals surface area contributed by atoms with E-state index in [9.17, 15) is 0 Å². The van der Waals surface area contributed by atoms with Crippen LogP contribution in [0.2, 0.25) is 0 Å². The zero-order valence-corrected chi connectivity index (χ0v) is 15.0. The molecule has 3 rings (SSSR count). The van der Waals surface area contributed by atoms with Crippen LogP contribution in [0.1, 0.15) is 29.8 Å². The van der Waals surface area contributed by atoms with E-state index in [-0.39, 0.29) is 6.04 Å². The van der Waals surface area contributed by atoms with Crippen LogP contribution in [0.3, 0.4) is 0 Å². The Balaban J connectivity index is 1.68. The van der Waals surface area contributed by atoms with Crippen LogP contribution in [0.25, 0.3) is 11.1 Å². The van der Waals surface area contributed by atoms with Gasteiger partial charge in [-0.3, -0.25) is 4.98 Å². The van der Waals surface area contributed by atoms with Gasteiger partial charge in [0.15, 0.2) is 0 Å². The summed E-state index contributed by atoms with van der Waals surface area (Å²) in [7, 11) is 1.70. The lowest BCUT2D eigenvalue weighted by atomic mass is 10.0. The van der Waals surface area contributed by atoms with Gasteiger partial charge in [0.25, 0.3) is 0 Å². The van der Waals surface area contributed by atoms with Crippen molar-refractivity contribution in [2.24, 2.45) is 0 Å². The van der Waals surface area contributed by atoms with Gasteiger partial charge in [-0.2, -0.15) is 0 Å². The summed E-state index contributed by atoms with van der Waals surface area (Å²) in [5, 5.41) is 3.58. The molecule has 2 aromatic carbocycles. The highest BCUT2D eigenvalue weighted by molar-refractivity contribution is 5.63. The lowest BCUT2D eigenvalue weighted by molar-refractivity contribution is 0.413. The average molecular weight is 332 g/mol. The molecule has 0 fully saturated rings. The summed E-state index contributed by atoms with van der Waals surface area (Å²) >= 11 is 0. The molecule has 128 valence electrons. The lowest BCUT2D eigenvalue weighted by Crippen LogP contribution is -2.18. The molecule has 1 heterocycles. The topological polar surface area (TPSA) is 34.1 Å². The predicted octanol–water partition coefficient (Wildman–Crippen LogP) is 4.92. The highest BCUT2D eigenvalue weighted by atomic mass is 16.5. The maximum Gasteiger partial charge on any atom is 0.119 e. The molecular formula is C22H24N2O. The standard InChI is InChI=1S/C22H24N2O/c1-16-10-11-21(15-23-16)20-8-4-6-18(12-20)14-24-17(2)19-7-5-9-22(13-19)25-3/h4-13,15,17,24H,14H2,1-3H3/t17-/m1/s1. The van der Waals surface area contributed by atoms with Crippen molar-refractivity contribution in [3.05, 3.63) is 83.7 Å². The molecule has 0 amide bonds. The van der Waals surface area contributed by atoms with E-state index >= 15 is 0 Å². The summed E-state index contributed by atoms with van der Waals surface area (Å²) < 4.78 is 5.31. The summed E-state index contributed by atoms with van der Waals surface area (Å²) in [5.74, 6) is 0.889. The van der Waals surface area contributed by atoms with Gasteiger partial charge >= 0.3 is 0 Å². The van der Waals surface area contributed by atoms with E-state index in [1.807, 2.05) is 31.3 Å². The lowest BCUT2D eigenvalue weighted by Gasteiger charge is -2.15. The van der Waals surface area contributed by atoms with Crippen molar-refractivity contribution in [1.29, 1.82) is 0 Å². The molecule has 0 aliphatic rings. The van der Waals surface area contributed by atoms with Gasteiger partial charge in [-0.1, -0.05) is 36.4 Å². The normalized spacial score (nSPS) is 12.0. The Morgan fingerprint density at radius 3 is 2.60 bits per heavy atom. The third kappa shape index (κ3) is 4.46. The van der Waals surface area contributed by atoms with Gasteiger partial charge in [0.2, 0.25) is 0 Å². The summed E-state index contributed by atoms with van der Waals surface area (Å²) in [6, 6.07) is 21.2. The Hall–Kier alpha value is -2.65. The van der Waals surface area contributed by atoms with E-state index in [0.717, 1.165) is 23.6 Å². The Kier molecular flexibility index (Phi) is 5.46. The van der Waals surface area contributed by atoms with Crippen molar-refractivity contribution in [3.63, 3.8) is 0 Å². The zero-order valence-electron chi connectivity index (χ0n) is 15.0. The Morgan fingerprint density at radius 2 is 1.84 bits per heavy atom. The van der Waals surface area contributed by atoms with Crippen molar-refractivity contribution in [1.82, 2.24) is 10.3 Å². The molecule has 0 aliphatic heterocycles. The van der Waals surface area contributed by atoms with Gasteiger partial charge in [-0.25, -0.2) is 0 Å². The second kappa shape index (κ2) is 7.95. The Bertz CT molecular complexity index is 827. The molecule has 3 heteroatoms. The van der Waals surface area contributed by atoms with Crippen LogP contribution in [-0.2, 0) is 6.54 Å². The Labute approximate surface area is 149 Å². The van der Waals surface area contributed by atoms with E-state index < -0.39 is 0 Å². The van der Waals surface area contributed by atoms with Gasteiger partial charge in [0, 0.05) is 30.0 Å². The number of nitrogens with one attached hydrogen (secondary N) is 1. The van der Waals surface area contributed by atoms with Crippen LogP contribution < -0.4 is 10.1 Å². The molecule has 1 aromatic heterocycles. The van der Waals surface area contributed by atoms with Crippen molar-refractivity contribution in [2.45, 2.75) is 26.4 Å². The number of benzene rings is 2. The smallest absolute Gasteiger partial charge is 0.119 e. The number of aryl methyl sites for hydroxylation is 1. The number of hydrogen-bond acceptors (Lipinski definition) is 3. The van der Waals surface area contributed by atoms with Crippen molar-refractivity contribution in [3.8, 4) is 16.9 Å². The fourth-order valence-corrected chi connectivity index (χ4v) is 2.80. The number of pyridine rings is 1. The van der Waals surface area contributed by atoms with Crippen LogP contribution in [-0.4, -0.2) is 12.1 Å². The van der Waals surface area contributed by atoms with Gasteiger partial charge in [-0.15, -0.1) is 0 Å². The molecule has 3 aromatic rings. The highest BCUT2D eigenvalue weighted by Gasteiger charge is 2.07. The van der Waals surface area contributed by atoms with E-state index in [1.54, 1.807) is 7.11 Å². The van der Waals surface area contributed by atoms with Crippen molar-refractivity contribution >= 4 is 0 Å². The number of rotatable bonds is 6. The first-order valence-electron chi connectivity index (χ1n) is 8.55. The van der Waals surface area contributed by atoms with Crippen molar-refractivity contribution < 1.29 is 4.74 Å². The van der Waals surface area contributed by atoms with E-state index in [4.69, 9.17) is 4.74 Å². The van der Waals surface area contributed by atoms with Crippen molar-refractivity contribution in [2.75, 3.05) is 7.11 Å². The number of methoxy groups -OCH3 is 1. The average Bonchev–Trinajstić information content (AvgIpc) is 2.67. The molecule has 0 radical (unpaired) electrons. The van der Waals surface area contributed by atoms with E-state index in [2.05, 4.69) is 59.7 Å². The quantitative estimate of drug-likeness (QED) is 0.696. The van der Waals surface area contributed by atoms with E-state index in [1.165, 1.54) is 16.7 Å². The largest absolute Gasteiger partial charge is 0.497 e. The fraction of sp³-hybridized carbons (Fsp3) is 0.227. The van der Waals surface area contributed by atoms with E-state index in [0.29, 0.717) is 0 Å². The molecule has 1 N–H and O–H groups in total. The minimum atomic E-state index is 0.250. The van der Waals surface area contributed by atoms with Crippen LogP contribution in [0.4, 0.5) is 0 Å². The van der Waals surface area contributed by atoms with Crippen LogP contribution in [0, 0.1) is 6.92 Å². The molecule has 0 aliphatic carbocycles. The maximum atomic E-state index is 5.31. The SMILES string of the molecule is COc1cccc([C@@H](C)NCc2cccc(-c3ccc(C)nc3)c2)c1. The second-order valence-corrected chi connectivity index (χ2v) is 6.27. The molecule has 3 nitrogen and oxygen atoms in total. The summed E-state index contributed by atoms with van der Waals surface area (Å²) in [4.78, 5) is 4.39. The van der Waals surface area contributed by atoms with Crippen LogP contribution >= 0.6 is 0 Å². The molecule has 0 unspecified atom stereocenters. The third-order valence-electron chi connectivity index (χ3n) is 4.38. The first-order chi connectivity index (χ1) is 12.2. The summed E-state index contributed by atoms with van der Waals surface area (Å²) in [5.41, 5.74) is 5.86. The fourth-order valence-electron chi connectivity index (χ4n) is 2.80. The third-order valence-corrected chi connectivity index (χ3v) is 4.38. The maximum absolute atomic E-state index is 5.31. The molecule has 0 saturated heterocycles. The van der Waals surface area contributed by atoms with Gasteiger partial charge in [0.1, 0.15) is 5.75 Å². The molecular weight excluding hydrogens is 308 g/mol. The number of hydrogen-bond donors (Lipinski definition) is 1. The number of nitrogens with zero attached hydrogens (tertiary/aromatic N) is 1. The zero-order chi connectivity index (χ0) is 17.6. The summed E-state index contributed by atoms with van der Waals surface area (Å²) in [6.07, 6.45) is 1.93. The molecule has 0 spiro atoms. The highest BCUT2D eigenvalue weighted by Crippen LogP contribution is 2.22. The second-order valence-electron chi connectivity index (χ2n) is 6.27. The van der Waals surface area contributed by atoms with Crippen LogP contribution in [0.5, 0.6) is 5.75 Å². The summed E-state index contributed by atoms with van der Waals surface area (Å²) in [6.45, 7) is 4.98. The predicted molar refractivity (Wildman–Crippen MR) is 103 cm³/mol. The minimum Gasteiger partial charge on any atom is -0.497 e. The molecule has 0 bridgehead atoms. The first-order valence-corrected chi connectivity index (χ1v) is 8.55. The molecule has 1 atom stereocenters. The number of aromatic nitrogens is 1. The molecule has 25 heavy (non-hydrogen) atoms. The first kappa shape index (κ1) is 17.2. The van der Waals surface area contributed by atoms with Gasteiger partial charge < -0.3 is 10.1 Å². The van der Waals surface area contributed by atoms with Gasteiger partial charge in [0.05, 0.1) is 7.11 Å². The Morgan fingerprint density at radius 1 is 1.00 bits per heavy atom. The van der Waals surface area contributed by atoms with Gasteiger partial charge in [-0.05, 0) is 54.8 Å². The monoisotopic (exact) mass is 332 g/mol. The number of ether oxygens (including phenoxy) is 1.